The van der Waals surface area contributed by atoms with Gasteiger partial charge in [-0.25, -0.2) is 0 Å². The van der Waals surface area contributed by atoms with E-state index in [1.165, 1.54) is 14.2 Å². The number of nitriles is 1. The summed E-state index contributed by atoms with van der Waals surface area (Å²) in [7, 11) is 2.85. The minimum atomic E-state index is -0.674. The smallest absolute Gasteiger partial charge is 0.256 e. The number of hydrogen-bond donors (Lipinski definition) is 0. The number of methoxy groups -OCH3 is 2. The summed E-state index contributed by atoms with van der Waals surface area (Å²) in [5.41, 5.74) is 0.338. The van der Waals surface area contributed by atoms with Gasteiger partial charge in [0.2, 0.25) is 0 Å². The van der Waals surface area contributed by atoms with Crippen LogP contribution in [0, 0.1) is 11.3 Å². The van der Waals surface area contributed by atoms with E-state index in [-0.39, 0.29) is 16.9 Å². The molecule has 0 fully saturated rings. The summed E-state index contributed by atoms with van der Waals surface area (Å²) in [6.07, 6.45) is 0. The van der Waals surface area contributed by atoms with E-state index >= 15 is 0 Å². The maximum atomic E-state index is 11.6. The van der Waals surface area contributed by atoms with E-state index in [9.17, 15) is 10.1 Å². The van der Waals surface area contributed by atoms with Gasteiger partial charge in [-0.3, -0.25) is 4.79 Å². The molecule has 5 heteroatoms. The molecule has 96 valence electrons. The third-order valence-corrected chi connectivity index (χ3v) is 3.03. The minimum absolute atomic E-state index is 0.137. The predicted octanol–water partition coefficient (Wildman–Crippen LogP) is 3.11. The van der Waals surface area contributed by atoms with Crippen molar-refractivity contribution in [3.8, 4) is 17.6 Å². The van der Waals surface area contributed by atoms with Gasteiger partial charge in [0.05, 0.1) is 19.8 Å². The summed E-state index contributed by atoms with van der Waals surface area (Å²) in [6, 6.07) is 9.05. The molecule has 0 aliphatic carbocycles. The molecule has 0 spiro atoms. The fraction of sp³-hybridized carbons (Fsp3) is 0.143. The molecule has 4 nitrogen and oxygen atoms in total. The topological polar surface area (TPSA) is 59.3 Å². The summed E-state index contributed by atoms with van der Waals surface area (Å²) in [6.45, 7) is 0. The SMILES string of the molecule is COc1c(C#N)c(OC)c2ccccc2c1C(=O)Cl. The number of carbonyl (C=O) groups is 1. The molecule has 0 heterocycles. The van der Waals surface area contributed by atoms with Gasteiger partial charge < -0.3 is 9.47 Å². The standard InChI is InChI=1S/C14H10ClNO3/c1-18-12-9-6-4-3-5-8(9)11(14(15)17)13(19-2)10(12)7-16/h3-6H,1-2H3. The Morgan fingerprint density at radius 1 is 1.16 bits per heavy atom. The largest absolute Gasteiger partial charge is 0.495 e. The van der Waals surface area contributed by atoms with Gasteiger partial charge >= 0.3 is 0 Å². The van der Waals surface area contributed by atoms with Crippen LogP contribution in [0.3, 0.4) is 0 Å². The second-order valence-corrected chi connectivity index (χ2v) is 4.09. The van der Waals surface area contributed by atoms with Gasteiger partial charge in [0.1, 0.15) is 17.4 Å². The van der Waals surface area contributed by atoms with Crippen LogP contribution in [-0.2, 0) is 0 Å². The second kappa shape index (κ2) is 5.17. The molecule has 0 aliphatic heterocycles. The lowest BCUT2D eigenvalue weighted by Gasteiger charge is -2.15. The van der Waals surface area contributed by atoms with Crippen LogP contribution in [0.5, 0.6) is 11.5 Å². The highest BCUT2D eigenvalue weighted by molar-refractivity contribution is 6.69. The lowest BCUT2D eigenvalue weighted by Crippen LogP contribution is -2.02. The highest BCUT2D eigenvalue weighted by Gasteiger charge is 2.23. The first-order chi connectivity index (χ1) is 9.15. The van der Waals surface area contributed by atoms with Crippen LogP contribution in [0.4, 0.5) is 0 Å². The molecular weight excluding hydrogens is 266 g/mol. The monoisotopic (exact) mass is 275 g/mol. The molecule has 2 aromatic rings. The maximum Gasteiger partial charge on any atom is 0.256 e. The highest BCUT2D eigenvalue weighted by Crippen LogP contribution is 2.40. The Morgan fingerprint density at radius 3 is 2.21 bits per heavy atom. The van der Waals surface area contributed by atoms with Crippen LogP contribution in [0.2, 0.25) is 0 Å². The fourth-order valence-electron chi connectivity index (χ4n) is 2.10. The van der Waals surface area contributed by atoms with Gasteiger partial charge in [0.15, 0.2) is 5.75 Å². The first kappa shape index (κ1) is 13.2. The van der Waals surface area contributed by atoms with Crippen molar-refractivity contribution in [3.05, 3.63) is 35.4 Å². The average Bonchev–Trinajstić information content (AvgIpc) is 2.43. The number of benzene rings is 2. The van der Waals surface area contributed by atoms with Crippen LogP contribution in [0.15, 0.2) is 24.3 Å². The van der Waals surface area contributed by atoms with E-state index < -0.39 is 5.24 Å². The van der Waals surface area contributed by atoms with Crippen molar-refractivity contribution in [2.75, 3.05) is 14.2 Å². The number of ether oxygens (including phenoxy) is 2. The molecule has 0 saturated carbocycles. The zero-order valence-corrected chi connectivity index (χ0v) is 11.1. The molecule has 0 aliphatic rings. The first-order valence-electron chi connectivity index (χ1n) is 5.42. The summed E-state index contributed by atoms with van der Waals surface area (Å²) in [4.78, 5) is 11.6. The number of rotatable bonds is 3. The molecule has 2 rings (SSSR count). The van der Waals surface area contributed by atoms with Gasteiger partial charge in [-0.2, -0.15) is 5.26 Å². The average molecular weight is 276 g/mol. The van der Waals surface area contributed by atoms with Crippen molar-refractivity contribution < 1.29 is 14.3 Å². The van der Waals surface area contributed by atoms with Crippen molar-refractivity contribution in [1.82, 2.24) is 0 Å². The molecule has 0 N–H and O–H groups in total. The molecule has 0 atom stereocenters. The summed E-state index contributed by atoms with van der Waals surface area (Å²) < 4.78 is 10.4. The van der Waals surface area contributed by atoms with Crippen LogP contribution >= 0.6 is 11.6 Å². The van der Waals surface area contributed by atoms with Gasteiger partial charge in [-0.15, -0.1) is 0 Å². The second-order valence-electron chi connectivity index (χ2n) is 3.75. The molecule has 2 aromatic carbocycles. The third kappa shape index (κ3) is 1.98. The molecule has 0 amide bonds. The Kier molecular flexibility index (Phi) is 3.59. The number of nitrogens with zero attached hydrogens (tertiary/aromatic N) is 1. The Labute approximate surface area is 115 Å². The van der Waals surface area contributed by atoms with Crippen molar-refractivity contribution >= 4 is 27.6 Å². The molecule has 0 bridgehead atoms. The molecule has 0 aromatic heterocycles. The summed E-state index contributed by atoms with van der Waals surface area (Å²) in [5, 5.41) is 9.83. The Bertz CT molecular complexity index is 704. The zero-order valence-electron chi connectivity index (χ0n) is 10.4. The van der Waals surface area contributed by atoms with E-state index in [0.717, 1.165) is 0 Å². The van der Waals surface area contributed by atoms with E-state index in [0.29, 0.717) is 16.5 Å². The number of fused-ring (bicyclic) bond motifs is 1. The quantitative estimate of drug-likeness (QED) is 0.808. The van der Waals surface area contributed by atoms with E-state index in [4.69, 9.17) is 21.1 Å². The van der Waals surface area contributed by atoms with Crippen LogP contribution in [-0.4, -0.2) is 19.5 Å². The third-order valence-electron chi connectivity index (χ3n) is 2.84. The molecule has 0 saturated heterocycles. The zero-order chi connectivity index (χ0) is 14.0. The predicted molar refractivity (Wildman–Crippen MR) is 72.0 cm³/mol. The summed E-state index contributed by atoms with van der Waals surface area (Å²) in [5.74, 6) is 0.509. The molecule has 19 heavy (non-hydrogen) atoms. The Balaban J connectivity index is 3.08. The van der Waals surface area contributed by atoms with E-state index in [2.05, 4.69) is 0 Å². The van der Waals surface area contributed by atoms with Gasteiger partial charge in [-0.05, 0) is 11.6 Å². The lowest BCUT2D eigenvalue weighted by atomic mass is 9.99. The van der Waals surface area contributed by atoms with Crippen molar-refractivity contribution in [3.63, 3.8) is 0 Å². The van der Waals surface area contributed by atoms with Crippen LogP contribution < -0.4 is 9.47 Å². The van der Waals surface area contributed by atoms with Gasteiger partial charge in [0, 0.05) is 10.8 Å². The number of hydrogen-bond acceptors (Lipinski definition) is 4. The molecule has 0 unspecified atom stereocenters. The summed E-state index contributed by atoms with van der Waals surface area (Å²) >= 11 is 5.62. The minimum Gasteiger partial charge on any atom is -0.495 e. The fourth-order valence-corrected chi connectivity index (χ4v) is 2.28. The van der Waals surface area contributed by atoms with Crippen molar-refractivity contribution in [2.45, 2.75) is 0 Å². The first-order valence-corrected chi connectivity index (χ1v) is 5.80. The lowest BCUT2D eigenvalue weighted by molar-refractivity contribution is 0.108. The van der Waals surface area contributed by atoms with E-state index in [1.54, 1.807) is 24.3 Å². The Morgan fingerprint density at radius 2 is 1.74 bits per heavy atom. The van der Waals surface area contributed by atoms with Gasteiger partial charge in [0.25, 0.3) is 5.24 Å². The van der Waals surface area contributed by atoms with Crippen LogP contribution in [0.1, 0.15) is 15.9 Å². The van der Waals surface area contributed by atoms with Crippen molar-refractivity contribution in [1.29, 1.82) is 5.26 Å². The number of halogens is 1. The molecule has 0 radical (unpaired) electrons. The van der Waals surface area contributed by atoms with Crippen molar-refractivity contribution in [2.24, 2.45) is 0 Å². The van der Waals surface area contributed by atoms with E-state index in [1.807, 2.05) is 6.07 Å². The number of carbonyl (C=O) groups excluding carboxylic acids is 1. The maximum absolute atomic E-state index is 11.6. The normalized spacial score (nSPS) is 10.0. The molecular formula is C14H10ClNO3. The Hall–Kier alpha value is -2.25. The highest BCUT2D eigenvalue weighted by atomic mass is 35.5. The van der Waals surface area contributed by atoms with Crippen LogP contribution in [0.25, 0.3) is 10.8 Å². The van der Waals surface area contributed by atoms with Gasteiger partial charge in [-0.1, -0.05) is 24.3 Å².